The van der Waals surface area contributed by atoms with Crippen molar-refractivity contribution in [2.45, 2.75) is 0 Å². The largest absolute Gasteiger partial charge is 0.282 e. The lowest BCUT2D eigenvalue weighted by molar-refractivity contribution is -0.385. The molecule has 3 aromatic rings. The minimum atomic E-state index is -0.652. The van der Waals surface area contributed by atoms with Crippen LogP contribution in [0.25, 0.3) is 12.2 Å². The topological polar surface area (TPSA) is 84.6 Å². The van der Waals surface area contributed by atoms with Crippen LogP contribution in [0.2, 0.25) is 0 Å². The summed E-state index contributed by atoms with van der Waals surface area (Å²) < 4.78 is 0. The Bertz CT molecular complexity index is 1050. The normalized spacial score (nSPS) is 11.7. The lowest BCUT2D eigenvalue weighted by atomic mass is 10.1. The standard InChI is InChI=1S/C24H19N3O3/c28-24(22-13-7-8-14-23(22)27(29)30)26-25-21(17-15-19-9-3-1-4-10-19)18-16-20-11-5-2-6-12-20/h1-18H,(H,26,28)/b17-15-,18-16+,25-21?. The first-order valence-electron chi connectivity index (χ1n) is 9.21. The van der Waals surface area contributed by atoms with Crippen LogP contribution in [-0.2, 0) is 0 Å². The minimum absolute atomic E-state index is 0.0512. The van der Waals surface area contributed by atoms with Gasteiger partial charge in [0.15, 0.2) is 0 Å². The highest BCUT2D eigenvalue weighted by atomic mass is 16.6. The molecule has 0 aromatic heterocycles. The lowest BCUT2D eigenvalue weighted by Gasteiger charge is -2.02. The van der Waals surface area contributed by atoms with E-state index >= 15 is 0 Å². The Morgan fingerprint density at radius 3 is 1.83 bits per heavy atom. The summed E-state index contributed by atoms with van der Waals surface area (Å²) in [6, 6.07) is 25.1. The zero-order valence-electron chi connectivity index (χ0n) is 16.0. The predicted molar refractivity (Wildman–Crippen MR) is 119 cm³/mol. The molecule has 0 aliphatic rings. The molecule has 0 atom stereocenters. The van der Waals surface area contributed by atoms with E-state index in [1.165, 1.54) is 18.2 Å². The van der Waals surface area contributed by atoms with Crippen molar-refractivity contribution in [1.29, 1.82) is 0 Å². The third-order valence-electron chi connectivity index (χ3n) is 4.12. The van der Waals surface area contributed by atoms with E-state index in [0.29, 0.717) is 5.71 Å². The monoisotopic (exact) mass is 397 g/mol. The number of allylic oxidation sites excluding steroid dienone is 2. The molecule has 0 fully saturated rings. The number of benzene rings is 3. The molecule has 1 amide bonds. The quantitative estimate of drug-likeness (QED) is 0.342. The average molecular weight is 397 g/mol. The van der Waals surface area contributed by atoms with Gasteiger partial charge in [0.05, 0.1) is 10.6 Å². The zero-order chi connectivity index (χ0) is 21.2. The lowest BCUT2D eigenvalue weighted by Crippen LogP contribution is -2.20. The number of rotatable bonds is 7. The van der Waals surface area contributed by atoms with Crippen molar-refractivity contribution in [1.82, 2.24) is 5.43 Å². The molecule has 6 nitrogen and oxygen atoms in total. The van der Waals surface area contributed by atoms with Gasteiger partial charge in [-0.15, -0.1) is 0 Å². The van der Waals surface area contributed by atoms with Crippen molar-refractivity contribution in [2.24, 2.45) is 5.10 Å². The number of hydrogen-bond donors (Lipinski definition) is 1. The Kier molecular flexibility index (Phi) is 7.00. The molecule has 0 unspecified atom stereocenters. The van der Waals surface area contributed by atoms with Crippen molar-refractivity contribution in [3.05, 3.63) is 124 Å². The van der Waals surface area contributed by atoms with Crippen molar-refractivity contribution >= 4 is 29.5 Å². The smallest absolute Gasteiger partial charge is 0.267 e. The number of para-hydroxylation sites is 1. The van der Waals surface area contributed by atoms with Gasteiger partial charge in [0.25, 0.3) is 11.6 Å². The Balaban J connectivity index is 1.84. The Morgan fingerprint density at radius 1 is 0.800 bits per heavy atom. The highest BCUT2D eigenvalue weighted by molar-refractivity contribution is 6.09. The first-order chi connectivity index (χ1) is 14.6. The number of nitro groups is 1. The van der Waals surface area contributed by atoms with E-state index in [1.807, 2.05) is 72.8 Å². The van der Waals surface area contributed by atoms with Crippen LogP contribution in [0.15, 0.2) is 102 Å². The van der Waals surface area contributed by atoms with Gasteiger partial charge in [0.2, 0.25) is 0 Å². The summed E-state index contributed by atoms with van der Waals surface area (Å²) in [5, 5.41) is 15.3. The van der Waals surface area contributed by atoms with Crippen LogP contribution >= 0.6 is 0 Å². The zero-order valence-corrected chi connectivity index (χ0v) is 16.0. The van der Waals surface area contributed by atoms with Gasteiger partial charge in [-0.2, -0.15) is 5.10 Å². The van der Waals surface area contributed by atoms with E-state index < -0.39 is 10.8 Å². The van der Waals surface area contributed by atoms with Crippen LogP contribution in [0.1, 0.15) is 21.5 Å². The van der Waals surface area contributed by atoms with Crippen LogP contribution in [0.5, 0.6) is 0 Å². The minimum Gasteiger partial charge on any atom is -0.267 e. The van der Waals surface area contributed by atoms with Crippen LogP contribution in [0, 0.1) is 10.1 Å². The molecule has 3 rings (SSSR count). The molecule has 1 N–H and O–H groups in total. The summed E-state index contributed by atoms with van der Waals surface area (Å²) in [6.07, 6.45) is 7.25. The number of hydrogen-bond acceptors (Lipinski definition) is 4. The molecule has 0 bridgehead atoms. The number of carbonyl (C=O) groups is 1. The van der Waals surface area contributed by atoms with Gasteiger partial charge in [-0.1, -0.05) is 84.9 Å². The molecule has 0 aliphatic carbocycles. The van der Waals surface area contributed by atoms with Gasteiger partial charge in [-0.25, -0.2) is 5.43 Å². The van der Waals surface area contributed by atoms with Gasteiger partial charge < -0.3 is 0 Å². The molecule has 0 spiro atoms. The number of amides is 1. The molecule has 3 aromatic carbocycles. The SMILES string of the molecule is O=C(NN=C(/C=C\c1ccccc1)/C=C/c1ccccc1)c1ccccc1[N+](=O)[O-]. The second kappa shape index (κ2) is 10.3. The van der Waals surface area contributed by atoms with Gasteiger partial charge in [0.1, 0.15) is 5.56 Å². The number of carbonyl (C=O) groups excluding carboxylic acids is 1. The summed E-state index contributed by atoms with van der Waals surface area (Å²) in [5.74, 6) is -0.652. The molecular formula is C24H19N3O3. The Hall–Kier alpha value is -4.32. The molecule has 148 valence electrons. The Morgan fingerprint density at radius 2 is 1.30 bits per heavy atom. The number of nitro benzene ring substituents is 1. The van der Waals surface area contributed by atoms with Crippen molar-refractivity contribution in [3.63, 3.8) is 0 Å². The maximum Gasteiger partial charge on any atom is 0.282 e. The van der Waals surface area contributed by atoms with E-state index in [0.717, 1.165) is 11.1 Å². The summed E-state index contributed by atoms with van der Waals surface area (Å²) in [4.78, 5) is 23.0. The summed E-state index contributed by atoms with van der Waals surface area (Å²) >= 11 is 0. The fourth-order valence-corrected chi connectivity index (χ4v) is 2.62. The third-order valence-corrected chi connectivity index (χ3v) is 4.12. The van der Waals surface area contributed by atoms with Crippen molar-refractivity contribution < 1.29 is 9.72 Å². The maximum atomic E-state index is 12.5. The van der Waals surface area contributed by atoms with Gasteiger partial charge >= 0.3 is 0 Å². The summed E-state index contributed by atoms with van der Waals surface area (Å²) in [5.41, 5.74) is 4.52. The molecule has 0 aliphatic heterocycles. The van der Waals surface area contributed by atoms with Gasteiger partial charge in [-0.05, 0) is 29.3 Å². The van der Waals surface area contributed by atoms with Crippen LogP contribution < -0.4 is 5.43 Å². The van der Waals surface area contributed by atoms with E-state index in [4.69, 9.17) is 0 Å². The van der Waals surface area contributed by atoms with Gasteiger partial charge in [0, 0.05) is 6.07 Å². The number of nitrogens with one attached hydrogen (secondary N) is 1. The average Bonchev–Trinajstić information content (AvgIpc) is 2.79. The molecular weight excluding hydrogens is 378 g/mol. The van der Waals surface area contributed by atoms with E-state index in [9.17, 15) is 14.9 Å². The van der Waals surface area contributed by atoms with Crippen LogP contribution in [0.3, 0.4) is 0 Å². The van der Waals surface area contributed by atoms with Crippen LogP contribution in [-0.4, -0.2) is 16.5 Å². The molecule has 0 saturated heterocycles. The van der Waals surface area contributed by atoms with Crippen molar-refractivity contribution in [2.75, 3.05) is 0 Å². The Labute approximate surface area is 174 Å². The second-order valence-corrected chi connectivity index (χ2v) is 6.24. The number of nitrogens with zero attached hydrogens (tertiary/aromatic N) is 2. The van der Waals surface area contributed by atoms with Crippen molar-refractivity contribution in [3.8, 4) is 0 Å². The van der Waals surface area contributed by atoms with Gasteiger partial charge in [-0.3, -0.25) is 14.9 Å². The van der Waals surface area contributed by atoms with Crippen LogP contribution in [0.4, 0.5) is 5.69 Å². The first-order valence-corrected chi connectivity index (χ1v) is 9.21. The maximum absolute atomic E-state index is 12.5. The van der Waals surface area contributed by atoms with E-state index in [1.54, 1.807) is 18.2 Å². The fourth-order valence-electron chi connectivity index (χ4n) is 2.62. The summed E-state index contributed by atoms with van der Waals surface area (Å²) in [7, 11) is 0. The third kappa shape index (κ3) is 5.84. The fraction of sp³-hybridized carbons (Fsp3) is 0. The molecule has 0 saturated carbocycles. The molecule has 0 radical (unpaired) electrons. The molecule has 0 heterocycles. The van der Waals surface area contributed by atoms with E-state index in [-0.39, 0.29) is 11.3 Å². The molecule has 6 heteroatoms. The van der Waals surface area contributed by atoms with E-state index in [2.05, 4.69) is 10.5 Å². The first kappa shape index (κ1) is 20.4. The second-order valence-electron chi connectivity index (χ2n) is 6.24. The predicted octanol–water partition coefficient (Wildman–Crippen LogP) is 5.11. The highest BCUT2D eigenvalue weighted by Crippen LogP contribution is 2.17. The molecule has 30 heavy (non-hydrogen) atoms. The highest BCUT2D eigenvalue weighted by Gasteiger charge is 2.18. The summed E-state index contributed by atoms with van der Waals surface area (Å²) in [6.45, 7) is 0. The number of hydrazone groups is 1.